The highest BCUT2D eigenvalue weighted by Gasteiger charge is 2.36. The Balaban J connectivity index is 1.45. The Morgan fingerprint density at radius 2 is 1.26 bits per heavy atom. The van der Waals surface area contributed by atoms with Gasteiger partial charge < -0.3 is 29.5 Å². The van der Waals surface area contributed by atoms with Crippen LogP contribution in [0.4, 0.5) is 4.79 Å². The summed E-state index contributed by atoms with van der Waals surface area (Å²) in [6.07, 6.45) is -0.763. The number of ether oxygens (including phenoxy) is 3. The van der Waals surface area contributed by atoms with Gasteiger partial charge in [-0.2, -0.15) is 0 Å². The lowest BCUT2D eigenvalue weighted by Gasteiger charge is -2.33. The maximum Gasteiger partial charge on any atom is 0.408 e. The van der Waals surface area contributed by atoms with Crippen LogP contribution in [0.25, 0.3) is 0 Å². The van der Waals surface area contributed by atoms with Crippen molar-refractivity contribution in [2.75, 3.05) is 0 Å². The van der Waals surface area contributed by atoms with E-state index in [1.807, 2.05) is 109 Å². The molecule has 5 aromatic rings. The van der Waals surface area contributed by atoms with Crippen LogP contribution in [0.2, 0.25) is 0 Å². The van der Waals surface area contributed by atoms with Crippen LogP contribution in [-0.4, -0.2) is 45.7 Å². The van der Waals surface area contributed by atoms with E-state index in [1.165, 1.54) is 4.90 Å². The molecule has 0 aromatic heterocycles. The average Bonchev–Trinajstić information content (AvgIpc) is 3.15. The molecule has 9 nitrogen and oxygen atoms in total. The first-order valence-electron chi connectivity index (χ1n) is 17.7. The molecule has 0 spiro atoms. The summed E-state index contributed by atoms with van der Waals surface area (Å²) in [5.41, 5.74) is 3.26. The van der Waals surface area contributed by atoms with Gasteiger partial charge in [0.15, 0.2) is 0 Å². The molecule has 0 saturated heterocycles. The van der Waals surface area contributed by atoms with Crippen molar-refractivity contribution in [3.63, 3.8) is 0 Å². The lowest BCUT2D eigenvalue weighted by Crippen LogP contribution is -2.55. The number of rotatable bonds is 16. The first kappa shape index (κ1) is 39.8. The number of hydrogen-bond donors (Lipinski definition) is 2. The molecule has 0 saturated carbocycles. The number of nitrogens with zero attached hydrogens (tertiary/aromatic N) is 1. The lowest BCUT2D eigenvalue weighted by molar-refractivity contribution is -0.151. The second-order valence-corrected chi connectivity index (χ2v) is 15.1. The number of amides is 2. The van der Waals surface area contributed by atoms with Crippen molar-refractivity contribution in [3.05, 3.63) is 165 Å². The van der Waals surface area contributed by atoms with Gasteiger partial charge in [-0.25, -0.2) is 9.59 Å². The number of halogens is 1. The van der Waals surface area contributed by atoms with Crippen molar-refractivity contribution in [2.45, 2.75) is 71.1 Å². The highest BCUT2D eigenvalue weighted by Crippen LogP contribution is 2.26. The van der Waals surface area contributed by atoms with E-state index in [0.29, 0.717) is 35.8 Å². The van der Waals surface area contributed by atoms with Crippen LogP contribution in [0.5, 0.6) is 11.5 Å². The van der Waals surface area contributed by atoms with E-state index in [-0.39, 0.29) is 19.4 Å². The Morgan fingerprint density at radius 3 is 1.81 bits per heavy atom. The summed E-state index contributed by atoms with van der Waals surface area (Å²) >= 11 is 2.19. The Kier molecular flexibility index (Phi) is 14.1. The molecular formula is C44H45IN2O7. The smallest absolute Gasteiger partial charge is 0.408 e. The summed E-state index contributed by atoms with van der Waals surface area (Å²) in [6.45, 7) is 5.88. The van der Waals surface area contributed by atoms with Crippen LogP contribution in [0.15, 0.2) is 133 Å². The van der Waals surface area contributed by atoms with Crippen molar-refractivity contribution in [1.29, 1.82) is 0 Å². The van der Waals surface area contributed by atoms with Gasteiger partial charge in [0.25, 0.3) is 0 Å². The van der Waals surface area contributed by atoms with Gasteiger partial charge in [-0.3, -0.25) is 4.79 Å². The van der Waals surface area contributed by atoms with Crippen LogP contribution in [0.1, 0.15) is 48.6 Å². The minimum Gasteiger partial charge on any atom is -0.489 e. The van der Waals surface area contributed by atoms with Crippen LogP contribution < -0.4 is 14.8 Å². The third-order valence-electron chi connectivity index (χ3n) is 8.41. The molecule has 0 aliphatic carbocycles. The molecule has 2 atom stereocenters. The van der Waals surface area contributed by atoms with Crippen LogP contribution in [-0.2, 0) is 46.9 Å². The maximum atomic E-state index is 14.9. The summed E-state index contributed by atoms with van der Waals surface area (Å²) in [5.74, 6) is -0.577. The number of carbonyl (C=O) groups excluding carboxylic acids is 2. The Labute approximate surface area is 330 Å². The van der Waals surface area contributed by atoms with Crippen LogP contribution in [0, 0.1) is 3.57 Å². The van der Waals surface area contributed by atoms with Gasteiger partial charge in [0.1, 0.15) is 42.4 Å². The van der Waals surface area contributed by atoms with Crippen molar-refractivity contribution >= 4 is 40.6 Å². The monoisotopic (exact) mass is 840 g/mol. The van der Waals surface area contributed by atoms with E-state index < -0.39 is 35.7 Å². The van der Waals surface area contributed by atoms with E-state index in [1.54, 1.807) is 45.0 Å². The van der Waals surface area contributed by atoms with Gasteiger partial charge in [-0.05, 0) is 102 Å². The number of hydrogen-bond acceptors (Lipinski definition) is 6. The number of benzene rings is 5. The molecule has 280 valence electrons. The highest BCUT2D eigenvalue weighted by molar-refractivity contribution is 14.1. The average molecular weight is 841 g/mol. The van der Waals surface area contributed by atoms with E-state index in [4.69, 9.17) is 14.2 Å². The predicted molar refractivity (Wildman–Crippen MR) is 216 cm³/mol. The molecule has 5 aromatic carbocycles. The van der Waals surface area contributed by atoms with E-state index in [0.717, 1.165) is 20.3 Å². The van der Waals surface area contributed by atoms with Gasteiger partial charge in [0.2, 0.25) is 5.91 Å². The molecule has 5 rings (SSSR count). The zero-order valence-corrected chi connectivity index (χ0v) is 32.8. The standard InChI is InChI=1S/C44H45IN2O7/c1-44(2,3)54-43(51)46-38(27-35-26-36(45)21-24-40(35)53-30-34-17-11-6-12-18-34)41(48)47(28-32-13-7-4-8-14-32)39(42(49)50)25-31-19-22-37(23-20-31)52-29-33-15-9-5-10-16-33/h4-24,26,38-39H,25,27-30H2,1-3H3,(H,46,51)(H,49,50)/t38-,39-/m0/s1. The van der Waals surface area contributed by atoms with Crippen LogP contribution in [0.3, 0.4) is 0 Å². The Morgan fingerprint density at radius 1 is 0.704 bits per heavy atom. The third kappa shape index (κ3) is 12.4. The van der Waals surface area contributed by atoms with Crippen molar-refractivity contribution in [1.82, 2.24) is 10.2 Å². The SMILES string of the molecule is CC(C)(C)OC(=O)N[C@@H](Cc1cc(I)ccc1OCc1ccccc1)C(=O)N(Cc1ccccc1)[C@@H](Cc1ccc(OCc2ccccc2)cc1)C(=O)O. The third-order valence-corrected chi connectivity index (χ3v) is 9.08. The normalized spacial score (nSPS) is 12.2. The fraction of sp³-hybridized carbons (Fsp3) is 0.250. The number of nitrogens with one attached hydrogen (secondary N) is 1. The fourth-order valence-corrected chi connectivity index (χ4v) is 6.35. The summed E-state index contributed by atoms with van der Waals surface area (Å²) < 4.78 is 18.7. The molecule has 0 aliphatic heterocycles. The highest BCUT2D eigenvalue weighted by atomic mass is 127. The van der Waals surface area contributed by atoms with E-state index in [9.17, 15) is 19.5 Å². The number of alkyl carbamates (subject to hydrolysis) is 1. The van der Waals surface area contributed by atoms with Gasteiger partial charge in [-0.15, -0.1) is 0 Å². The zero-order valence-electron chi connectivity index (χ0n) is 30.6. The summed E-state index contributed by atoms with van der Waals surface area (Å²) in [6, 6.07) is 39.1. The molecule has 2 N–H and O–H groups in total. The second kappa shape index (κ2) is 19.1. The maximum absolute atomic E-state index is 14.9. The number of carboxylic acids is 1. The first-order valence-corrected chi connectivity index (χ1v) is 18.8. The Bertz CT molecular complexity index is 1970. The second-order valence-electron chi connectivity index (χ2n) is 13.9. The fourth-order valence-electron chi connectivity index (χ4n) is 5.79. The molecule has 0 fully saturated rings. The van der Waals surface area contributed by atoms with Crippen molar-refractivity contribution in [2.24, 2.45) is 0 Å². The molecule has 10 heteroatoms. The molecule has 0 aliphatic rings. The van der Waals surface area contributed by atoms with E-state index in [2.05, 4.69) is 27.9 Å². The van der Waals surface area contributed by atoms with Gasteiger partial charge in [-0.1, -0.05) is 103 Å². The number of aliphatic carboxylic acids is 1. The molecule has 2 amide bonds. The van der Waals surface area contributed by atoms with Crippen molar-refractivity contribution < 1.29 is 33.7 Å². The quantitative estimate of drug-likeness (QED) is 0.0958. The summed E-state index contributed by atoms with van der Waals surface area (Å²) in [5, 5.41) is 13.5. The van der Waals surface area contributed by atoms with Crippen LogP contribution >= 0.6 is 22.6 Å². The lowest BCUT2D eigenvalue weighted by atomic mass is 9.99. The summed E-state index contributed by atoms with van der Waals surface area (Å²) in [7, 11) is 0. The molecular weight excluding hydrogens is 795 g/mol. The minimum absolute atomic E-state index is 0.00883. The molecule has 0 heterocycles. The summed E-state index contributed by atoms with van der Waals surface area (Å²) in [4.78, 5) is 42.6. The predicted octanol–water partition coefficient (Wildman–Crippen LogP) is 8.61. The molecule has 0 radical (unpaired) electrons. The number of carboxylic acid groups (broad SMARTS) is 1. The molecule has 0 unspecified atom stereocenters. The Hall–Kier alpha value is -5.36. The minimum atomic E-state index is -1.28. The largest absolute Gasteiger partial charge is 0.489 e. The van der Waals surface area contributed by atoms with Crippen molar-refractivity contribution in [3.8, 4) is 11.5 Å². The van der Waals surface area contributed by atoms with Gasteiger partial charge in [0, 0.05) is 23.0 Å². The topological polar surface area (TPSA) is 114 Å². The van der Waals surface area contributed by atoms with Gasteiger partial charge in [0.05, 0.1) is 0 Å². The first-order chi connectivity index (χ1) is 25.9. The zero-order chi connectivity index (χ0) is 38.5. The van der Waals surface area contributed by atoms with E-state index >= 15 is 0 Å². The van der Waals surface area contributed by atoms with Gasteiger partial charge >= 0.3 is 12.1 Å². The number of carbonyl (C=O) groups is 3. The molecule has 0 bridgehead atoms. The molecule has 54 heavy (non-hydrogen) atoms.